The van der Waals surface area contributed by atoms with E-state index in [0.29, 0.717) is 94.7 Å². The van der Waals surface area contributed by atoms with E-state index in [1.54, 1.807) is 106 Å². The summed E-state index contributed by atoms with van der Waals surface area (Å²) in [4.78, 5) is 0. The lowest BCUT2D eigenvalue weighted by Gasteiger charge is -2.45. The summed E-state index contributed by atoms with van der Waals surface area (Å²) < 4.78 is 53.9. The molecular weight excluding hydrogens is 1190 g/mol. The molecule has 0 radical (unpaired) electrons. The van der Waals surface area contributed by atoms with E-state index in [4.69, 9.17) is 0 Å². The molecule has 0 amide bonds. The van der Waals surface area contributed by atoms with Gasteiger partial charge in [0, 0.05) is 19.3 Å². The lowest BCUT2D eigenvalue weighted by atomic mass is 9.59. The minimum atomic E-state index is -1.29. The molecule has 0 heterocycles. The normalized spacial score (nSPS) is 46.1. The van der Waals surface area contributed by atoms with Gasteiger partial charge in [-0.2, -0.15) is 0 Å². The number of rotatable bonds is 0. The van der Waals surface area contributed by atoms with Gasteiger partial charge in [-0.05, 0) is 364 Å². The first kappa shape index (κ1) is 77.0. The Morgan fingerprint density at radius 1 is 0.278 bits per heavy atom. The average Bonchev–Trinajstić information content (AvgIpc) is 1.52. The maximum absolute atomic E-state index is 13.7. The van der Waals surface area contributed by atoms with Crippen LogP contribution in [-0.4, -0.2) is 22.7 Å². The number of halogens is 4. The summed E-state index contributed by atoms with van der Waals surface area (Å²) in [6.07, 6.45) is 25.4. The highest BCUT2D eigenvalue weighted by molar-refractivity contribution is 5.47. The predicted molar refractivity (Wildman–Crippen MR) is 409 cm³/mol. The summed E-state index contributed by atoms with van der Waals surface area (Å²) in [5.41, 5.74) is 27.0. The van der Waals surface area contributed by atoms with Crippen LogP contribution in [0, 0.1) is 95.1 Å². The fourth-order valence-electron chi connectivity index (χ4n) is 26.2. The highest BCUT2D eigenvalue weighted by Crippen LogP contribution is 2.75. The number of hydrogen-bond donors (Lipinski definition) is 0. The van der Waals surface area contributed by atoms with Crippen LogP contribution in [0.25, 0.3) is 0 Å². The van der Waals surface area contributed by atoms with Crippen molar-refractivity contribution < 1.29 is 17.6 Å². The molecule has 21 aliphatic rings. The molecule has 12 atom stereocenters. The SMILES string of the molecule is CC1=C(C)C2(C(C)(C)C)CCC1C2.CC1=C(C)C2(C)CC1(C)C2.CC1=C(C)C2(C)CCC1(C)C2.CC1=C(C)C2(C)CCC1(C)C2(C)C.CC1=C(C)C2(C)CCC1C2(C)C.CC1=C(C)C2(F)CC1(F)C2.CC1=C(C)C2(F)CCC1(F)C2.CC1=C(C)C2CC1C2.CC1=C(C)C2CCC1C2. The van der Waals surface area contributed by atoms with Crippen LogP contribution in [0.2, 0.25) is 0 Å². The smallest absolute Gasteiger partial charge is 0.138 e. The van der Waals surface area contributed by atoms with Crippen LogP contribution >= 0.6 is 0 Å². The van der Waals surface area contributed by atoms with E-state index in [1.807, 2.05) is 0 Å². The first-order chi connectivity index (χ1) is 44.1. The van der Waals surface area contributed by atoms with Gasteiger partial charge in [0.25, 0.3) is 0 Å². The van der Waals surface area contributed by atoms with Crippen molar-refractivity contribution in [1.29, 1.82) is 0 Å². The molecule has 9 saturated carbocycles. The Labute approximate surface area is 595 Å². The fraction of sp³-hybridized carbons (Fsp3) is 0.806. The van der Waals surface area contributed by atoms with Crippen molar-refractivity contribution >= 4 is 0 Å². The Morgan fingerprint density at radius 2 is 0.629 bits per heavy atom. The Kier molecular flexibility index (Phi) is 19.2. The lowest BCUT2D eigenvalue weighted by Crippen LogP contribution is -2.44. The molecule has 21 aliphatic carbocycles. The predicted octanol–water partition coefficient (Wildman–Crippen LogP) is 29.4. The zero-order valence-electron chi connectivity index (χ0n) is 69.0. The van der Waals surface area contributed by atoms with Crippen molar-refractivity contribution in [3.8, 4) is 0 Å². The van der Waals surface area contributed by atoms with Crippen LogP contribution in [0.3, 0.4) is 0 Å². The second-order valence-electron chi connectivity index (χ2n) is 41.5. The summed E-state index contributed by atoms with van der Waals surface area (Å²) in [6.45, 7) is 73.6. The molecule has 4 heteroatoms. The summed E-state index contributed by atoms with van der Waals surface area (Å²) in [6, 6.07) is 0. The molecule has 0 saturated heterocycles. The molecule has 0 N–H and O–H groups in total. The molecule has 0 aromatic rings. The first-order valence-electron chi connectivity index (χ1n) is 39.9. The third kappa shape index (κ3) is 11.3. The van der Waals surface area contributed by atoms with Crippen molar-refractivity contribution in [3.05, 3.63) is 100 Å². The van der Waals surface area contributed by atoms with Crippen LogP contribution < -0.4 is 0 Å². The Bertz CT molecular complexity index is 3240. The zero-order chi connectivity index (χ0) is 72.9. The lowest BCUT2D eigenvalue weighted by molar-refractivity contribution is -0.0107. The molecule has 97 heavy (non-hydrogen) atoms. The van der Waals surface area contributed by atoms with Gasteiger partial charge in [0.1, 0.15) is 22.7 Å². The van der Waals surface area contributed by atoms with Gasteiger partial charge in [-0.25, -0.2) is 17.6 Å². The minimum Gasteiger partial charge on any atom is -0.239 e. The summed E-state index contributed by atoms with van der Waals surface area (Å²) in [7, 11) is 0. The number of alkyl halides is 4. The van der Waals surface area contributed by atoms with Crippen molar-refractivity contribution in [2.24, 2.45) is 95.1 Å². The average molecular weight is 1340 g/mol. The summed E-state index contributed by atoms with van der Waals surface area (Å²) in [5, 5.41) is 0. The van der Waals surface area contributed by atoms with Crippen LogP contribution in [0.1, 0.15) is 363 Å². The first-order valence-corrected chi connectivity index (χ1v) is 39.9. The van der Waals surface area contributed by atoms with Crippen molar-refractivity contribution in [2.45, 2.75) is 385 Å². The highest BCUT2D eigenvalue weighted by Gasteiger charge is 2.67. The van der Waals surface area contributed by atoms with Gasteiger partial charge in [-0.3, -0.25) is 0 Å². The molecule has 0 spiro atoms. The molecule has 0 aromatic heterocycles. The van der Waals surface area contributed by atoms with Gasteiger partial charge >= 0.3 is 0 Å². The van der Waals surface area contributed by atoms with E-state index >= 15 is 0 Å². The van der Waals surface area contributed by atoms with Gasteiger partial charge in [0.15, 0.2) is 0 Å². The molecule has 546 valence electrons. The van der Waals surface area contributed by atoms with Crippen LogP contribution in [0.5, 0.6) is 0 Å². The van der Waals surface area contributed by atoms with Crippen LogP contribution in [0.4, 0.5) is 17.6 Å². The van der Waals surface area contributed by atoms with E-state index < -0.39 is 22.7 Å². The molecule has 0 aliphatic heterocycles. The van der Waals surface area contributed by atoms with Gasteiger partial charge in [-0.15, -0.1) is 0 Å². The fourth-order valence-corrected chi connectivity index (χ4v) is 26.2. The second-order valence-corrected chi connectivity index (χ2v) is 41.5. The maximum atomic E-state index is 13.7. The third-order valence-electron chi connectivity index (χ3n) is 37.1. The molecule has 21 rings (SSSR count). The Hall–Kier alpha value is -2.62. The quantitative estimate of drug-likeness (QED) is 0.168. The van der Waals surface area contributed by atoms with Gasteiger partial charge in [-0.1, -0.05) is 175 Å². The number of fused-ring (bicyclic) bond motifs is 12. The standard InChI is InChI=1S/2C13H22.C12H20.C11H18.C10H16.C9H12F2.C9H14.C8H10F2.C8H12/c1-9-10(2)13(6)8-7-12(9,5)11(13,3)4;1-9-10(2)13(12(3,4)5)7-6-11(9)8-13;1-8-9(2)12(5)7-6-10(8)11(12,3)4;1-8-9(2)11(4)6-5-10(8,3)7-11;1-7-8(2)10(4)5-9(7,3)6-10;1-6-7(2)9(11)4-3-8(6,10)5-9;1-6-7(2)9-4-3-8(6)5-9;1-5-6(2)8(10)3-7(5,9)4-8;1-5-6(2)8-3-7(5)4-8/h7-8H2,1-6H3;11H,6-8H2,1-5H3;10H,6-7H2,1-5H3;5-7H2,1-4H3;5-6H2,1-4H3;3-5H2,1-2H3;8-9H,3-5H2,1-2H3;3-4H2,1-2H3;7-8H,3-4H2,1-2H3. The molecule has 18 bridgehead atoms. The monoisotopic (exact) mass is 1340 g/mol. The summed E-state index contributed by atoms with van der Waals surface area (Å²) >= 11 is 0. The van der Waals surface area contributed by atoms with E-state index in [2.05, 4.69) is 194 Å². The second kappa shape index (κ2) is 24.2. The van der Waals surface area contributed by atoms with Crippen molar-refractivity contribution in [1.82, 2.24) is 0 Å². The van der Waals surface area contributed by atoms with Crippen LogP contribution in [-0.2, 0) is 0 Å². The summed E-state index contributed by atoms with van der Waals surface area (Å²) in [5.74, 6) is 5.83. The maximum Gasteiger partial charge on any atom is 0.138 e. The molecule has 12 unspecified atom stereocenters. The largest absolute Gasteiger partial charge is 0.239 e. The Morgan fingerprint density at radius 3 is 0.814 bits per heavy atom. The van der Waals surface area contributed by atoms with E-state index in [1.165, 1.54) is 109 Å². The molecule has 9 fully saturated rings. The number of allylic oxidation sites excluding steroid dienone is 18. The Balaban J connectivity index is 0.000000119. The topological polar surface area (TPSA) is 0 Å². The van der Waals surface area contributed by atoms with Gasteiger partial charge in [0.2, 0.25) is 0 Å². The molecule has 0 aromatic carbocycles. The van der Waals surface area contributed by atoms with Crippen molar-refractivity contribution in [2.75, 3.05) is 0 Å². The van der Waals surface area contributed by atoms with E-state index in [9.17, 15) is 17.6 Å². The van der Waals surface area contributed by atoms with Gasteiger partial charge < -0.3 is 0 Å². The van der Waals surface area contributed by atoms with Crippen molar-refractivity contribution in [3.63, 3.8) is 0 Å². The zero-order valence-corrected chi connectivity index (χ0v) is 69.0. The molecule has 0 nitrogen and oxygen atoms in total. The third-order valence-corrected chi connectivity index (χ3v) is 37.1. The molecular formula is C93H146F4. The van der Waals surface area contributed by atoms with E-state index in [-0.39, 0.29) is 19.3 Å². The number of hydrogen-bond acceptors (Lipinski definition) is 0. The highest BCUT2D eigenvalue weighted by atomic mass is 19.2. The van der Waals surface area contributed by atoms with Crippen LogP contribution in [0.15, 0.2) is 100 Å². The van der Waals surface area contributed by atoms with Gasteiger partial charge in [0.05, 0.1) is 0 Å². The van der Waals surface area contributed by atoms with E-state index in [0.717, 1.165) is 35.5 Å². The minimum absolute atomic E-state index is 0.0810.